The van der Waals surface area contributed by atoms with Gasteiger partial charge in [-0.2, -0.15) is 0 Å². The lowest BCUT2D eigenvalue weighted by Crippen LogP contribution is -2.47. The first-order chi connectivity index (χ1) is 13.7. The van der Waals surface area contributed by atoms with Crippen molar-refractivity contribution < 1.29 is 14.3 Å². The monoisotopic (exact) mass is 419 g/mol. The van der Waals surface area contributed by atoms with Crippen LogP contribution < -0.4 is 5.32 Å². The number of amides is 2. The number of hydrogen-bond acceptors (Lipinski definition) is 7. The average molecular weight is 420 g/mol. The highest BCUT2D eigenvalue weighted by molar-refractivity contribution is 7.99. The standard InChI is InChI=1S/C18H21N5O3S2/c1-2-26-18(25)22-9-7-12(8-10-22)19-15(24)11-27-16-20-21-17-23(16)13-5-3-4-6-14(13)28-17/h3-6,12H,2,7-11H2,1H3,(H,19,24). The molecule has 28 heavy (non-hydrogen) atoms. The Morgan fingerprint density at radius 1 is 1.29 bits per heavy atom. The molecule has 1 aromatic carbocycles. The van der Waals surface area contributed by atoms with E-state index in [0.717, 1.165) is 33.2 Å². The summed E-state index contributed by atoms with van der Waals surface area (Å²) < 4.78 is 8.16. The molecule has 1 fully saturated rings. The van der Waals surface area contributed by atoms with Gasteiger partial charge in [-0.05, 0) is 31.9 Å². The van der Waals surface area contributed by atoms with Gasteiger partial charge in [0.1, 0.15) is 0 Å². The number of nitrogens with zero attached hydrogens (tertiary/aromatic N) is 4. The average Bonchev–Trinajstić information content (AvgIpc) is 3.26. The van der Waals surface area contributed by atoms with Gasteiger partial charge >= 0.3 is 6.09 Å². The van der Waals surface area contributed by atoms with Gasteiger partial charge in [0.05, 0.1) is 22.6 Å². The molecular weight excluding hydrogens is 398 g/mol. The predicted molar refractivity (Wildman–Crippen MR) is 109 cm³/mol. The molecule has 0 bridgehead atoms. The number of ether oxygens (including phenoxy) is 1. The van der Waals surface area contributed by atoms with E-state index in [2.05, 4.69) is 21.6 Å². The second-order valence-electron chi connectivity index (χ2n) is 6.49. The van der Waals surface area contributed by atoms with Crippen LogP contribution in [0.1, 0.15) is 19.8 Å². The van der Waals surface area contributed by atoms with E-state index < -0.39 is 0 Å². The molecule has 2 amide bonds. The van der Waals surface area contributed by atoms with Crippen molar-refractivity contribution in [2.45, 2.75) is 31.0 Å². The van der Waals surface area contributed by atoms with Gasteiger partial charge in [-0.1, -0.05) is 35.2 Å². The molecule has 1 aliphatic heterocycles. The minimum Gasteiger partial charge on any atom is -0.450 e. The Labute approximate surface area is 170 Å². The van der Waals surface area contributed by atoms with Gasteiger partial charge in [-0.15, -0.1) is 10.2 Å². The smallest absolute Gasteiger partial charge is 0.409 e. The van der Waals surface area contributed by atoms with Crippen LogP contribution in [0.5, 0.6) is 0 Å². The zero-order valence-corrected chi connectivity index (χ0v) is 17.1. The van der Waals surface area contributed by atoms with Crippen LogP contribution in [-0.4, -0.2) is 63.0 Å². The molecule has 1 saturated heterocycles. The molecule has 2 aromatic heterocycles. The number of likely N-dealkylation sites (tertiary alicyclic amines) is 1. The summed E-state index contributed by atoms with van der Waals surface area (Å²) in [6.45, 7) is 3.37. The first-order valence-corrected chi connectivity index (χ1v) is 11.0. The molecule has 148 valence electrons. The molecule has 0 saturated carbocycles. The number of fused-ring (bicyclic) bond motifs is 3. The van der Waals surface area contributed by atoms with Gasteiger partial charge in [-0.25, -0.2) is 4.79 Å². The second kappa shape index (κ2) is 8.36. The van der Waals surface area contributed by atoms with E-state index in [9.17, 15) is 9.59 Å². The summed E-state index contributed by atoms with van der Waals surface area (Å²) in [5.74, 6) is 0.249. The summed E-state index contributed by atoms with van der Waals surface area (Å²) in [6.07, 6.45) is 1.20. The number of aromatic nitrogens is 3. The predicted octanol–water partition coefficient (Wildman–Crippen LogP) is 2.77. The first-order valence-electron chi connectivity index (χ1n) is 9.22. The third-order valence-electron chi connectivity index (χ3n) is 4.63. The summed E-state index contributed by atoms with van der Waals surface area (Å²) in [5, 5.41) is 12.2. The number of piperidine rings is 1. The normalized spacial score (nSPS) is 15.2. The largest absolute Gasteiger partial charge is 0.450 e. The van der Waals surface area contributed by atoms with Crippen molar-refractivity contribution in [1.29, 1.82) is 0 Å². The topological polar surface area (TPSA) is 88.8 Å². The maximum Gasteiger partial charge on any atom is 0.409 e. The van der Waals surface area contributed by atoms with E-state index in [1.54, 1.807) is 23.2 Å². The van der Waals surface area contributed by atoms with E-state index >= 15 is 0 Å². The van der Waals surface area contributed by atoms with E-state index in [-0.39, 0.29) is 23.8 Å². The van der Waals surface area contributed by atoms with Crippen LogP contribution in [0.4, 0.5) is 4.79 Å². The summed E-state index contributed by atoms with van der Waals surface area (Å²) in [4.78, 5) is 26.6. The van der Waals surface area contributed by atoms with E-state index in [1.165, 1.54) is 11.8 Å². The zero-order chi connectivity index (χ0) is 19.5. The molecule has 4 rings (SSSR count). The van der Waals surface area contributed by atoms with Gasteiger partial charge in [0.25, 0.3) is 0 Å². The van der Waals surface area contributed by atoms with Crippen molar-refractivity contribution in [2.75, 3.05) is 25.4 Å². The maximum absolute atomic E-state index is 12.4. The number of carbonyl (C=O) groups is 2. The molecular formula is C18H21N5O3S2. The molecule has 0 atom stereocenters. The highest BCUT2D eigenvalue weighted by Gasteiger charge is 2.24. The Balaban J connectivity index is 1.31. The molecule has 1 aliphatic rings. The van der Waals surface area contributed by atoms with E-state index in [1.807, 2.05) is 22.6 Å². The Hall–Kier alpha value is -2.33. The zero-order valence-electron chi connectivity index (χ0n) is 15.5. The minimum atomic E-state index is -0.276. The molecule has 8 nitrogen and oxygen atoms in total. The third-order valence-corrected chi connectivity index (χ3v) is 6.57. The number of rotatable bonds is 5. The van der Waals surface area contributed by atoms with Gasteiger partial charge in [0.15, 0.2) is 5.16 Å². The number of thiazole rings is 1. The van der Waals surface area contributed by atoms with Crippen LogP contribution in [0.25, 0.3) is 15.2 Å². The number of hydrogen-bond donors (Lipinski definition) is 1. The summed E-state index contributed by atoms with van der Waals surface area (Å²) in [7, 11) is 0. The summed E-state index contributed by atoms with van der Waals surface area (Å²) in [6, 6.07) is 8.15. The van der Waals surface area contributed by atoms with Crippen molar-refractivity contribution in [1.82, 2.24) is 24.8 Å². The number of nitrogens with one attached hydrogen (secondary N) is 1. The number of para-hydroxylation sites is 1. The SMILES string of the molecule is CCOC(=O)N1CCC(NC(=O)CSc2nnc3sc4ccccc4n23)CC1. The van der Waals surface area contributed by atoms with Gasteiger partial charge < -0.3 is 15.0 Å². The van der Waals surface area contributed by atoms with E-state index in [4.69, 9.17) is 4.74 Å². The van der Waals surface area contributed by atoms with Gasteiger partial charge in [-0.3, -0.25) is 9.20 Å². The quantitative estimate of drug-likeness (QED) is 0.640. The Kier molecular flexibility index (Phi) is 5.67. The molecule has 0 radical (unpaired) electrons. The third kappa shape index (κ3) is 3.93. The van der Waals surface area contributed by atoms with Crippen LogP contribution >= 0.6 is 23.1 Å². The summed E-state index contributed by atoms with van der Waals surface area (Å²) in [5.41, 5.74) is 1.06. The van der Waals surface area contributed by atoms with Crippen LogP contribution in [0.3, 0.4) is 0 Å². The molecule has 10 heteroatoms. The number of thioether (sulfide) groups is 1. The Morgan fingerprint density at radius 2 is 2.07 bits per heavy atom. The maximum atomic E-state index is 12.4. The molecule has 0 spiro atoms. The first kappa shape index (κ1) is 19.0. The van der Waals surface area contributed by atoms with Gasteiger partial charge in [0.2, 0.25) is 10.9 Å². The minimum absolute atomic E-state index is 0.0316. The fourth-order valence-corrected chi connectivity index (χ4v) is 5.05. The highest BCUT2D eigenvalue weighted by atomic mass is 32.2. The highest BCUT2D eigenvalue weighted by Crippen LogP contribution is 2.29. The van der Waals surface area contributed by atoms with Crippen LogP contribution in [-0.2, 0) is 9.53 Å². The Bertz CT molecular complexity index is 994. The van der Waals surface area contributed by atoms with Crippen LogP contribution in [0.15, 0.2) is 29.4 Å². The molecule has 1 N–H and O–H groups in total. The summed E-state index contributed by atoms with van der Waals surface area (Å²) >= 11 is 2.97. The van der Waals surface area contributed by atoms with Crippen molar-refractivity contribution in [2.24, 2.45) is 0 Å². The van der Waals surface area contributed by atoms with Crippen molar-refractivity contribution in [3.63, 3.8) is 0 Å². The molecule has 3 aromatic rings. The molecule has 3 heterocycles. The molecule has 0 aliphatic carbocycles. The lowest BCUT2D eigenvalue weighted by molar-refractivity contribution is -0.119. The van der Waals surface area contributed by atoms with Crippen molar-refractivity contribution >= 4 is 50.3 Å². The molecule has 0 unspecified atom stereocenters. The number of benzene rings is 1. The Morgan fingerprint density at radius 3 is 2.86 bits per heavy atom. The van der Waals surface area contributed by atoms with Gasteiger partial charge in [0, 0.05) is 19.1 Å². The fraction of sp³-hybridized carbons (Fsp3) is 0.444. The van der Waals surface area contributed by atoms with Crippen LogP contribution in [0, 0.1) is 0 Å². The van der Waals surface area contributed by atoms with Crippen molar-refractivity contribution in [3.05, 3.63) is 24.3 Å². The van der Waals surface area contributed by atoms with E-state index in [0.29, 0.717) is 19.7 Å². The second-order valence-corrected chi connectivity index (χ2v) is 8.44. The lowest BCUT2D eigenvalue weighted by atomic mass is 10.1. The lowest BCUT2D eigenvalue weighted by Gasteiger charge is -2.31. The van der Waals surface area contributed by atoms with Crippen molar-refractivity contribution in [3.8, 4) is 0 Å². The fourth-order valence-electron chi connectivity index (χ4n) is 3.27. The number of carbonyl (C=O) groups excluding carboxylic acids is 2. The van der Waals surface area contributed by atoms with Crippen LogP contribution in [0.2, 0.25) is 0 Å².